The highest BCUT2D eigenvalue weighted by atomic mass is 16.6. The van der Waals surface area contributed by atoms with Gasteiger partial charge in [0, 0.05) is 38.7 Å². The predicted octanol–water partition coefficient (Wildman–Crippen LogP) is 5.58. The van der Waals surface area contributed by atoms with Crippen LogP contribution in [0.15, 0.2) is 60.7 Å². The average Bonchev–Trinajstić information content (AvgIpc) is 3.15. The van der Waals surface area contributed by atoms with Crippen LogP contribution in [0.3, 0.4) is 0 Å². The third kappa shape index (κ3) is 14.4. The van der Waals surface area contributed by atoms with Crippen molar-refractivity contribution in [3.8, 4) is 17.2 Å². The van der Waals surface area contributed by atoms with E-state index in [9.17, 15) is 19.2 Å². The topological polar surface area (TPSA) is 176 Å². The number of aliphatic hydroxyl groups excluding tert-OH is 2. The molecule has 55 heavy (non-hydrogen) atoms. The summed E-state index contributed by atoms with van der Waals surface area (Å²) in [6.07, 6.45) is 2.37. The van der Waals surface area contributed by atoms with Crippen molar-refractivity contribution in [2.45, 2.75) is 65.4 Å². The number of aliphatic hydroxyl groups is 2. The molecule has 0 unspecified atom stereocenters. The van der Waals surface area contributed by atoms with E-state index < -0.39 is 17.6 Å². The first-order chi connectivity index (χ1) is 26.3. The van der Waals surface area contributed by atoms with Crippen molar-refractivity contribution in [2.75, 3.05) is 70.4 Å². The summed E-state index contributed by atoms with van der Waals surface area (Å²) in [5, 5.41) is 23.9. The number of hydrogen-bond donors (Lipinski definition) is 4. The van der Waals surface area contributed by atoms with E-state index in [1.165, 1.54) is 16.9 Å². The van der Waals surface area contributed by atoms with Gasteiger partial charge < -0.3 is 49.6 Å². The Kier molecular flexibility index (Phi) is 17.7. The minimum atomic E-state index is -0.593. The van der Waals surface area contributed by atoms with Crippen LogP contribution in [-0.4, -0.2) is 105 Å². The van der Waals surface area contributed by atoms with Crippen molar-refractivity contribution >= 4 is 35.2 Å². The van der Waals surface area contributed by atoms with Gasteiger partial charge in [0.05, 0.1) is 50.5 Å². The van der Waals surface area contributed by atoms with E-state index in [4.69, 9.17) is 29.2 Å². The highest BCUT2D eigenvalue weighted by Gasteiger charge is 2.21. The number of benzene rings is 3. The maximum absolute atomic E-state index is 13.7. The number of ether oxygens (including phenoxy) is 4. The highest BCUT2D eigenvalue weighted by molar-refractivity contribution is 6.09. The van der Waals surface area contributed by atoms with Gasteiger partial charge in [-0.15, -0.1) is 0 Å². The fourth-order valence-electron chi connectivity index (χ4n) is 5.47. The number of nitrogens with one attached hydrogen (secondary N) is 2. The highest BCUT2D eigenvalue weighted by Crippen LogP contribution is 2.32. The molecule has 3 aromatic carbocycles. The van der Waals surface area contributed by atoms with Crippen LogP contribution in [0.5, 0.6) is 17.2 Å². The van der Waals surface area contributed by atoms with Gasteiger partial charge in [-0.05, 0) is 101 Å². The Labute approximate surface area is 323 Å². The molecule has 14 heteroatoms. The van der Waals surface area contributed by atoms with Crippen molar-refractivity contribution in [2.24, 2.45) is 0 Å². The molecular formula is C41H56N4O10. The Balaban J connectivity index is 1.60. The van der Waals surface area contributed by atoms with Crippen LogP contribution in [-0.2, 0) is 9.53 Å². The molecule has 3 aromatic rings. The number of methoxy groups -OCH3 is 1. The van der Waals surface area contributed by atoms with Gasteiger partial charge in [0.1, 0.15) is 22.8 Å². The monoisotopic (exact) mass is 764 g/mol. The number of alkyl carbamates (subject to hydrolysis) is 1. The number of nitrogens with zero attached hydrogens (tertiary/aromatic N) is 2. The van der Waals surface area contributed by atoms with Gasteiger partial charge in [-0.2, -0.15) is 0 Å². The van der Waals surface area contributed by atoms with E-state index >= 15 is 0 Å². The summed E-state index contributed by atoms with van der Waals surface area (Å²) in [6.45, 7) is 8.36. The normalized spacial score (nSPS) is 11.0. The molecule has 0 aromatic heterocycles. The second-order valence-electron chi connectivity index (χ2n) is 13.8. The Bertz CT molecular complexity index is 1720. The Morgan fingerprint density at radius 1 is 0.800 bits per heavy atom. The zero-order valence-electron chi connectivity index (χ0n) is 32.8. The summed E-state index contributed by atoms with van der Waals surface area (Å²) in [5.74, 6) is 0.338. The number of anilines is 2. The van der Waals surface area contributed by atoms with Crippen LogP contribution in [0, 0.1) is 6.92 Å². The summed E-state index contributed by atoms with van der Waals surface area (Å²) in [4.78, 5) is 54.3. The van der Waals surface area contributed by atoms with E-state index in [1.807, 2.05) is 25.1 Å². The lowest BCUT2D eigenvalue weighted by atomic mass is 10.1. The Morgan fingerprint density at radius 2 is 1.49 bits per heavy atom. The zero-order chi connectivity index (χ0) is 40.4. The molecule has 0 aliphatic carbocycles. The summed E-state index contributed by atoms with van der Waals surface area (Å²) in [5.41, 5.74) is 1.93. The summed E-state index contributed by atoms with van der Waals surface area (Å²) in [7, 11) is 3.11. The van der Waals surface area contributed by atoms with E-state index in [1.54, 1.807) is 70.3 Å². The number of carbonyl (C=O) groups is 4. The van der Waals surface area contributed by atoms with Gasteiger partial charge in [0.2, 0.25) is 5.91 Å². The summed E-state index contributed by atoms with van der Waals surface area (Å²) in [6, 6.07) is 17.2. The third-order valence-electron chi connectivity index (χ3n) is 8.24. The maximum Gasteiger partial charge on any atom is 0.407 e. The first-order valence-corrected chi connectivity index (χ1v) is 18.5. The SMILES string of the molecule is COc1cc(C(=O)N(C)c2ccc(C)cc2OCCCCCC(=O)N(CCO)CCO)ccc1NC(=O)c1ccccc1OCCCNC(=O)OC(C)(C)C. The smallest absolute Gasteiger partial charge is 0.407 e. The fourth-order valence-corrected chi connectivity index (χ4v) is 5.47. The number of para-hydroxylation sites is 1. The Morgan fingerprint density at radius 3 is 2.18 bits per heavy atom. The molecule has 0 saturated heterocycles. The molecule has 300 valence electrons. The molecule has 0 aliphatic rings. The van der Waals surface area contributed by atoms with Crippen LogP contribution in [0.4, 0.5) is 16.2 Å². The number of rotatable bonds is 21. The molecule has 0 bridgehead atoms. The van der Waals surface area contributed by atoms with E-state index in [0.29, 0.717) is 72.8 Å². The van der Waals surface area contributed by atoms with Crippen LogP contribution < -0.4 is 29.7 Å². The van der Waals surface area contributed by atoms with Gasteiger partial charge in [-0.1, -0.05) is 18.2 Å². The lowest BCUT2D eigenvalue weighted by Crippen LogP contribution is -2.35. The molecule has 0 atom stereocenters. The molecule has 0 saturated carbocycles. The number of hydrogen-bond acceptors (Lipinski definition) is 10. The quantitative estimate of drug-likeness (QED) is 0.100. The van der Waals surface area contributed by atoms with E-state index in [-0.39, 0.29) is 50.5 Å². The molecule has 0 spiro atoms. The Hall–Kier alpha value is -5.34. The first-order valence-electron chi connectivity index (χ1n) is 18.5. The average molecular weight is 765 g/mol. The lowest BCUT2D eigenvalue weighted by molar-refractivity contribution is -0.132. The zero-order valence-corrected chi connectivity index (χ0v) is 32.8. The summed E-state index contributed by atoms with van der Waals surface area (Å²) >= 11 is 0. The largest absolute Gasteiger partial charge is 0.495 e. The van der Waals surface area contributed by atoms with Crippen LogP contribution in [0.25, 0.3) is 0 Å². The number of aryl methyl sites for hydroxylation is 1. The minimum absolute atomic E-state index is 0.105. The maximum atomic E-state index is 13.7. The van der Waals surface area contributed by atoms with Crippen LogP contribution in [0.1, 0.15) is 79.2 Å². The second kappa shape index (κ2) is 22.1. The van der Waals surface area contributed by atoms with Gasteiger partial charge in [-0.3, -0.25) is 14.4 Å². The van der Waals surface area contributed by atoms with E-state index in [2.05, 4.69) is 10.6 Å². The molecule has 0 radical (unpaired) electrons. The molecule has 0 fully saturated rings. The molecule has 0 aliphatic heterocycles. The number of amides is 4. The second-order valence-corrected chi connectivity index (χ2v) is 13.8. The minimum Gasteiger partial charge on any atom is -0.495 e. The molecule has 14 nitrogen and oxygen atoms in total. The van der Waals surface area contributed by atoms with Gasteiger partial charge in [-0.25, -0.2) is 4.79 Å². The fraction of sp³-hybridized carbons (Fsp3) is 0.463. The predicted molar refractivity (Wildman–Crippen MR) is 210 cm³/mol. The van der Waals surface area contributed by atoms with Gasteiger partial charge in [0.15, 0.2) is 0 Å². The molecule has 3 rings (SSSR count). The molecule has 4 N–H and O–H groups in total. The lowest BCUT2D eigenvalue weighted by Gasteiger charge is -2.22. The van der Waals surface area contributed by atoms with Crippen molar-refractivity contribution in [3.63, 3.8) is 0 Å². The van der Waals surface area contributed by atoms with Crippen LogP contribution >= 0.6 is 0 Å². The van der Waals surface area contributed by atoms with Crippen molar-refractivity contribution < 1.29 is 48.3 Å². The van der Waals surface area contributed by atoms with Crippen molar-refractivity contribution in [1.29, 1.82) is 0 Å². The first kappa shape index (κ1) is 44.1. The van der Waals surface area contributed by atoms with Gasteiger partial charge >= 0.3 is 6.09 Å². The summed E-state index contributed by atoms with van der Waals surface area (Å²) < 4.78 is 22.8. The molecular weight excluding hydrogens is 708 g/mol. The number of carbonyl (C=O) groups excluding carboxylic acids is 4. The standard InChI is InChI=1S/C41H56N4O10/c1-29-16-19-33(36(27-29)54-25-11-7-8-15-37(48)45(21-23-46)22-24-47)44(5)39(50)30-17-18-32(35(28-30)52-6)43-38(49)31-13-9-10-14-34(31)53-26-12-20-42-40(51)55-41(2,3)4/h9-10,13-14,16-19,27-28,46-47H,7-8,11-12,15,20-26H2,1-6H3,(H,42,51)(H,43,49). The van der Waals surface area contributed by atoms with Crippen molar-refractivity contribution in [1.82, 2.24) is 10.2 Å². The number of unbranched alkanes of at least 4 members (excludes halogenated alkanes) is 2. The van der Waals surface area contributed by atoms with Crippen molar-refractivity contribution in [3.05, 3.63) is 77.4 Å². The van der Waals surface area contributed by atoms with Crippen LogP contribution in [0.2, 0.25) is 0 Å². The molecule has 0 heterocycles. The van der Waals surface area contributed by atoms with E-state index in [0.717, 1.165) is 12.0 Å². The molecule has 4 amide bonds. The van der Waals surface area contributed by atoms with Gasteiger partial charge in [0.25, 0.3) is 11.8 Å². The third-order valence-corrected chi connectivity index (χ3v) is 8.24.